The first-order valence-electron chi connectivity index (χ1n) is 10.6. The number of aromatic nitrogens is 3. The number of ether oxygens (including phenoxy) is 2. The van der Waals surface area contributed by atoms with E-state index in [1.807, 2.05) is 13.0 Å². The lowest BCUT2D eigenvalue weighted by Crippen LogP contribution is -2.22. The van der Waals surface area contributed by atoms with Crippen molar-refractivity contribution >= 4 is 38.7 Å². The van der Waals surface area contributed by atoms with Gasteiger partial charge in [-0.3, -0.25) is 14.9 Å². The van der Waals surface area contributed by atoms with E-state index in [-0.39, 0.29) is 17.1 Å². The molecule has 2 aromatic heterocycles. The van der Waals surface area contributed by atoms with E-state index in [0.717, 1.165) is 17.1 Å². The van der Waals surface area contributed by atoms with Crippen LogP contribution in [0.15, 0.2) is 69.1 Å². The normalized spacial score (nSPS) is 11.2. The molecule has 35 heavy (non-hydrogen) atoms. The van der Waals surface area contributed by atoms with Crippen LogP contribution in [0.4, 0.5) is 5.69 Å². The average Bonchev–Trinajstić information content (AvgIpc) is 2.85. The molecule has 0 saturated carbocycles. The second kappa shape index (κ2) is 10.4. The molecule has 0 spiro atoms. The van der Waals surface area contributed by atoms with Crippen LogP contribution in [0.3, 0.4) is 0 Å². The predicted octanol–water partition coefficient (Wildman–Crippen LogP) is 5.10. The maximum Gasteiger partial charge on any atom is 0.287 e. The summed E-state index contributed by atoms with van der Waals surface area (Å²) in [6.07, 6.45) is 4.06. The number of nitro groups is 1. The molecule has 4 aromatic rings. The summed E-state index contributed by atoms with van der Waals surface area (Å²) in [6, 6.07) is 13.2. The minimum atomic E-state index is -0.535. The van der Waals surface area contributed by atoms with Crippen molar-refractivity contribution in [3.8, 4) is 17.4 Å². The Balaban J connectivity index is 1.65. The summed E-state index contributed by atoms with van der Waals surface area (Å²) in [5, 5.41) is 15.7. The third-order valence-corrected chi connectivity index (χ3v) is 5.50. The first-order chi connectivity index (χ1) is 16.9. The lowest BCUT2D eigenvalue weighted by atomic mass is 10.2. The van der Waals surface area contributed by atoms with E-state index in [1.165, 1.54) is 23.9 Å². The highest BCUT2D eigenvalue weighted by atomic mass is 79.9. The van der Waals surface area contributed by atoms with Crippen molar-refractivity contribution in [3.05, 3.63) is 91.1 Å². The molecule has 11 heteroatoms. The van der Waals surface area contributed by atoms with Gasteiger partial charge in [-0.15, -0.1) is 0 Å². The van der Waals surface area contributed by atoms with E-state index in [9.17, 15) is 14.9 Å². The minimum Gasteiger partial charge on any atom is -0.493 e. The Morgan fingerprint density at radius 1 is 1.17 bits per heavy atom. The van der Waals surface area contributed by atoms with Gasteiger partial charge >= 0.3 is 0 Å². The van der Waals surface area contributed by atoms with Crippen molar-refractivity contribution in [2.75, 3.05) is 7.11 Å². The Labute approximate surface area is 208 Å². The molecule has 0 N–H and O–H groups in total. The van der Waals surface area contributed by atoms with Crippen LogP contribution in [0.25, 0.3) is 10.9 Å². The van der Waals surface area contributed by atoms with Gasteiger partial charge in [0.2, 0.25) is 5.88 Å². The van der Waals surface area contributed by atoms with Gasteiger partial charge in [-0.1, -0.05) is 22.9 Å². The molecule has 2 heterocycles. The fraction of sp³-hybridized carbons (Fsp3) is 0.167. The SMILES string of the molecule is CCCc1nc2ccc(Br)cc2c(=O)n1N=Cc1ccc(Oc2ccc([N+](=O)[O-])cn2)c(OC)c1. The van der Waals surface area contributed by atoms with E-state index >= 15 is 0 Å². The zero-order valence-electron chi connectivity index (χ0n) is 18.8. The molecule has 0 bridgehead atoms. The molecule has 10 nitrogen and oxygen atoms in total. The van der Waals surface area contributed by atoms with Crippen molar-refractivity contribution < 1.29 is 14.4 Å². The number of hydrogen-bond donors (Lipinski definition) is 0. The monoisotopic (exact) mass is 537 g/mol. The van der Waals surface area contributed by atoms with Crippen LogP contribution in [-0.2, 0) is 6.42 Å². The number of aryl methyl sites for hydroxylation is 1. The van der Waals surface area contributed by atoms with Crippen molar-refractivity contribution in [1.82, 2.24) is 14.6 Å². The zero-order chi connectivity index (χ0) is 24.9. The van der Waals surface area contributed by atoms with Crippen LogP contribution in [-0.4, -0.2) is 32.9 Å². The van der Waals surface area contributed by atoms with Gasteiger partial charge in [0.05, 0.1) is 29.2 Å². The van der Waals surface area contributed by atoms with Crippen molar-refractivity contribution in [2.24, 2.45) is 5.10 Å². The summed E-state index contributed by atoms with van der Waals surface area (Å²) in [6.45, 7) is 2.01. The number of hydrogen-bond acceptors (Lipinski definition) is 8. The molecule has 0 aliphatic rings. The van der Waals surface area contributed by atoms with E-state index in [1.54, 1.807) is 36.5 Å². The van der Waals surface area contributed by atoms with Crippen LogP contribution in [0, 0.1) is 10.1 Å². The van der Waals surface area contributed by atoms with E-state index in [4.69, 9.17) is 9.47 Å². The Morgan fingerprint density at radius 3 is 2.69 bits per heavy atom. The topological polar surface area (TPSA) is 122 Å². The molecule has 0 unspecified atom stereocenters. The van der Waals surface area contributed by atoms with Crippen LogP contribution in [0.5, 0.6) is 17.4 Å². The van der Waals surface area contributed by atoms with E-state index < -0.39 is 4.92 Å². The van der Waals surface area contributed by atoms with Crippen LogP contribution in [0.1, 0.15) is 24.7 Å². The third kappa shape index (κ3) is 5.35. The quantitative estimate of drug-likeness (QED) is 0.174. The van der Waals surface area contributed by atoms with Crippen molar-refractivity contribution in [3.63, 3.8) is 0 Å². The molecule has 0 amide bonds. The number of benzene rings is 2. The zero-order valence-corrected chi connectivity index (χ0v) is 20.4. The lowest BCUT2D eigenvalue weighted by molar-refractivity contribution is -0.385. The fourth-order valence-electron chi connectivity index (χ4n) is 3.33. The van der Waals surface area contributed by atoms with Gasteiger partial charge in [0, 0.05) is 23.0 Å². The molecular weight excluding hydrogens is 518 g/mol. The van der Waals surface area contributed by atoms with Gasteiger partial charge in [-0.25, -0.2) is 9.97 Å². The highest BCUT2D eigenvalue weighted by Crippen LogP contribution is 2.31. The number of rotatable bonds is 8. The first kappa shape index (κ1) is 24.0. The minimum absolute atomic E-state index is 0.135. The average molecular weight is 538 g/mol. The Kier molecular flexibility index (Phi) is 7.16. The number of pyridine rings is 1. The van der Waals surface area contributed by atoms with Crippen LogP contribution < -0.4 is 15.0 Å². The molecule has 178 valence electrons. The van der Waals surface area contributed by atoms with Crippen molar-refractivity contribution in [1.29, 1.82) is 0 Å². The van der Waals surface area contributed by atoms with Gasteiger partial charge in [0.25, 0.3) is 11.2 Å². The summed E-state index contributed by atoms with van der Waals surface area (Å²) in [5.41, 5.74) is 0.891. The number of nitrogens with zero attached hydrogens (tertiary/aromatic N) is 5. The summed E-state index contributed by atoms with van der Waals surface area (Å²) < 4.78 is 13.2. The Bertz CT molecular complexity index is 1480. The second-order valence-electron chi connectivity index (χ2n) is 7.43. The molecule has 0 atom stereocenters. The molecule has 4 rings (SSSR count). The maximum absolute atomic E-state index is 13.1. The Hall–Kier alpha value is -4.12. The third-order valence-electron chi connectivity index (χ3n) is 5.01. The number of halogens is 1. The predicted molar refractivity (Wildman–Crippen MR) is 135 cm³/mol. The first-order valence-corrected chi connectivity index (χ1v) is 11.4. The van der Waals surface area contributed by atoms with Gasteiger partial charge in [-0.05, 0) is 48.4 Å². The molecule has 0 aliphatic heterocycles. The summed E-state index contributed by atoms with van der Waals surface area (Å²) in [5.74, 6) is 1.52. The smallest absolute Gasteiger partial charge is 0.287 e. The molecule has 0 radical (unpaired) electrons. The van der Waals surface area contributed by atoms with Gasteiger partial charge in [0.1, 0.15) is 12.0 Å². The summed E-state index contributed by atoms with van der Waals surface area (Å²) >= 11 is 3.40. The summed E-state index contributed by atoms with van der Waals surface area (Å²) in [7, 11) is 1.49. The Morgan fingerprint density at radius 2 is 2.00 bits per heavy atom. The molecule has 2 aromatic carbocycles. The molecular formula is C24H20BrN5O5. The fourth-order valence-corrected chi connectivity index (χ4v) is 3.69. The largest absolute Gasteiger partial charge is 0.493 e. The molecule has 0 saturated heterocycles. The number of methoxy groups -OCH3 is 1. The van der Waals surface area contributed by atoms with E-state index in [2.05, 4.69) is 31.0 Å². The highest BCUT2D eigenvalue weighted by Gasteiger charge is 2.12. The second-order valence-corrected chi connectivity index (χ2v) is 8.34. The van der Waals surface area contributed by atoms with E-state index in [0.29, 0.717) is 40.2 Å². The van der Waals surface area contributed by atoms with Crippen molar-refractivity contribution in [2.45, 2.75) is 19.8 Å². The van der Waals surface area contributed by atoms with Crippen LogP contribution >= 0.6 is 15.9 Å². The number of fused-ring (bicyclic) bond motifs is 1. The molecule has 0 fully saturated rings. The molecule has 0 aliphatic carbocycles. The lowest BCUT2D eigenvalue weighted by Gasteiger charge is -2.11. The highest BCUT2D eigenvalue weighted by molar-refractivity contribution is 9.10. The van der Waals surface area contributed by atoms with Gasteiger partial charge < -0.3 is 9.47 Å². The van der Waals surface area contributed by atoms with Gasteiger partial charge in [0.15, 0.2) is 11.5 Å². The van der Waals surface area contributed by atoms with Crippen LogP contribution in [0.2, 0.25) is 0 Å². The summed E-state index contributed by atoms with van der Waals surface area (Å²) in [4.78, 5) is 32.0. The standard InChI is InChI=1S/C24H20BrN5O5/c1-3-4-22-28-19-8-6-16(25)12-18(19)24(31)29(22)27-13-15-5-9-20(21(11-15)34-2)35-23-10-7-17(14-26-23)30(32)33/h5-14H,3-4H2,1-2H3. The maximum atomic E-state index is 13.1. The van der Waals surface area contributed by atoms with Gasteiger partial charge in [-0.2, -0.15) is 9.78 Å².